The van der Waals surface area contributed by atoms with Crippen LogP contribution in [0.3, 0.4) is 0 Å². The minimum atomic E-state index is -0.539. The number of carbonyl (C=O) groups is 1. The first-order valence-corrected chi connectivity index (χ1v) is 7.37. The fourth-order valence-corrected chi connectivity index (χ4v) is 2.71. The molecule has 2 unspecified atom stereocenters. The van der Waals surface area contributed by atoms with E-state index in [4.69, 9.17) is 4.74 Å². The summed E-state index contributed by atoms with van der Waals surface area (Å²) in [4.78, 5) is 11.9. The van der Waals surface area contributed by atoms with E-state index in [-0.39, 0.29) is 12.0 Å². The van der Waals surface area contributed by atoms with E-state index in [2.05, 4.69) is 24.3 Å². The van der Waals surface area contributed by atoms with Crippen LogP contribution in [0.1, 0.15) is 25.3 Å². The molecule has 2 nitrogen and oxygen atoms in total. The lowest BCUT2D eigenvalue weighted by atomic mass is 9.96. The molecule has 0 aliphatic rings. The van der Waals surface area contributed by atoms with Crippen molar-refractivity contribution in [2.24, 2.45) is 0 Å². The summed E-state index contributed by atoms with van der Waals surface area (Å²) in [6.07, 6.45) is -0.190. The van der Waals surface area contributed by atoms with Crippen molar-refractivity contribution in [1.29, 1.82) is 0 Å². The highest BCUT2D eigenvalue weighted by atomic mass is 33.1. The van der Waals surface area contributed by atoms with E-state index in [9.17, 15) is 4.79 Å². The van der Waals surface area contributed by atoms with Crippen LogP contribution in [0.4, 0.5) is 4.79 Å². The summed E-state index contributed by atoms with van der Waals surface area (Å²) >= 11 is 7.04. The van der Waals surface area contributed by atoms with Gasteiger partial charge in [-0.3, -0.25) is 0 Å². The van der Waals surface area contributed by atoms with Gasteiger partial charge in [-0.1, -0.05) is 37.8 Å². The molecule has 0 heterocycles. The molecule has 0 N–H and O–H groups in total. The van der Waals surface area contributed by atoms with Gasteiger partial charge in [0.05, 0.1) is 4.90 Å². The molecule has 1 aromatic rings. The third-order valence-electron chi connectivity index (χ3n) is 2.51. The topological polar surface area (TPSA) is 26.3 Å². The predicted octanol–water partition coefficient (Wildman–Crippen LogP) is 3.26. The molecule has 0 fully saturated rings. The Morgan fingerprint density at radius 2 is 2.06 bits per heavy atom. The molecular formula is C11H15O2S3+. The summed E-state index contributed by atoms with van der Waals surface area (Å²) in [5.74, 6) is 0.135. The molecule has 0 saturated heterocycles. The zero-order chi connectivity index (χ0) is 12.1. The Kier molecular flexibility index (Phi) is 5.58. The van der Waals surface area contributed by atoms with Crippen LogP contribution in [0, 0.1) is 0 Å². The number of thiol groups is 1. The van der Waals surface area contributed by atoms with Gasteiger partial charge in [-0.15, -0.1) is 0 Å². The molecule has 2 atom stereocenters. The van der Waals surface area contributed by atoms with Crippen LogP contribution < -0.4 is 0 Å². The molecule has 16 heavy (non-hydrogen) atoms. The van der Waals surface area contributed by atoms with Gasteiger partial charge in [0, 0.05) is 17.6 Å². The predicted molar refractivity (Wildman–Crippen MR) is 75.8 cm³/mol. The number of rotatable bonds is 4. The summed E-state index contributed by atoms with van der Waals surface area (Å²) in [7, 11) is 1.51. The monoisotopic (exact) mass is 275 g/mol. The molecule has 0 aromatic heterocycles. The van der Waals surface area contributed by atoms with Gasteiger partial charge in [0.25, 0.3) is 0 Å². The zero-order valence-corrected chi connectivity index (χ0v) is 11.8. The lowest BCUT2D eigenvalue weighted by Gasteiger charge is -2.20. The Morgan fingerprint density at radius 1 is 1.44 bits per heavy atom. The minimum absolute atomic E-state index is 0.135. The standard InChI is InChI=1S/C11H14O2S3/c1-7(8(2)13-11(12)14)9-5-3-4-6-10(9)16-15/h3-8,15H,1-2H3,(H,12,14)/p+1. The Morgan fingerprint density at radius 3 is 2.62 bits per heavy atom. The van der Waals surface area contributed by atoms with Crippen molar-refractivity contribution in [1.82, 2.24) is 0 Å². The first-order chi connectivity index (χ1) is 7.56. The van der Waals surface area contributed by atoms with Gasteiger partial charge in [-0.05, 0) is 18.6 Å². The Hall–Kier alpha value is -0.260. The highest BCUT2D eigenvalue weighted by molar-refractivity contribution is 8.59. The first-order valence-electron chi connectivity index (χ1n) is 4.88. The first kappa shape index (κ1) is 13.8. The van der Waals surface area contributed by atoms with Gasteiger partial charge in [0.1, 0.15) is 16.9 Å². The molecule has 1 rings (SSSR count). The minimum Gasteiger partial charge on any atom is -0.454 e. The van der Waals surface area contributed by atoms with Crippen molar-refractivity contribution in [2.45, 2.75) is 30.8 Å². The molecule has 0 aliphatic heterocycles. The van der Waals surface area contributed by atoms with E-state index in [0.29, 0.717) is 0 Å². The number of carbonyl (C=O) groups excluding carboxylic acids is 1. The number of benzene rings is 1. The van der Waals surface area contributed by atoms with Crippen molar-refractivity contribution in [3.05, 3.63) is 29.8 Å². The van der Waals surface area contributed by atoms with Gasteiger partial charge in [0.2, 0.25) is 0 Å². The van der Waals surface area contributed by atoms with Crippen LogP contribution in [0.5, 0.6) is 0 Å². The quantitative estimate of drug-likeness (QED) is 0.395. The van der Waals surface area contributed by atoms with E-state index in [1.54, 1.807) is 0 Å². The van der Waals surface area contributed by atoms with E-state index < -0.39 is 5.30 Å². The molecule has 1 aromatic carbocycles. The smallest absolute Gasteiger partial charge is 0.364 e. The largest absolute Gasteiger partial charge is 0.454 e. The fraction of sp³-hybridized carbons (Fsp3) is 0.364. The Balaban J connectivity index is 2.86. The zero-order valence-electron chi connectivity index (χ0n) is 9.14. The van der Waals surface area contributed by atoms with E-state index in [1.165, 1.54) is 10.8 Å². The van der Waals surface area contributed by atoms with Crippen LogP contribution in [0.15, 0.2) is 29.2 Å². The number of ether oxygens (including phenoxy) is 1. The van der Waals surface area contributed by atoms with Gasteiger partial charge in [-0.2, -0.15) is 0 Å². The summed E-state index contributed by atoms with van der Waals surface area (Å²) in [6.45, 7) is 3.90. The average Bonchev–Trinajstić information content (AvgIpc) is 2.27. The summed E-state index contributed by atoms with van der Waals surface area (Å²) in [5, 5.41) is -0.539. The fourth-order valence-electron chi connectivity index (χ4n) is 1.46. The van der Waals surface area contributed by atoms with Gasteiger partial charge < -0.3 is 4.74 Å². The van der Waals surface area contributed by atoms with E-state index >= 15 is 0 Å². The molecule has 0 spiro atoms. The van der Waals surface area contributed by atoms with Crippen molar-refractivity contribution >= 4 is 40.4 Å². The third-order valence-corrected chi connectivity index (χ3v) is 3.87. The van der Waals surface area contributed by atoms with Crippen LogP contribution >= 0.6 is 23.4 Å². The normalized spacial score (nSPS) is 14.2. The van der Waals surface area contributed by atoms with Crippen molar-refractivity contribution < 1.29 is 9.53 Å². The van der Waals surface area contributed by atoms with Crippen LogP contribution in [-0.4, -0.2) is 11.4 Å². The molecule has 0 saturated carbocycles. The number of hydrogen-bond donors (Lipinski definition) is 1. The lowest BCUT2D eigenvalue weighted by Crippen LogP contribution is -2.18. The molecule has 0 amide bonds. The maximum atomic E-state index is 10.8. The Bertz CT molecular complexity index is 368. The lowest BCUT2D eigenvalue weighted by molar-refractivity contribution is 0.119. The Labute approximate surface area is 110 Å². The van der Waals surface area contributed by atoms with Crippen LogP contribution in [0.25, 0.3) is 0 Å². The van der Waals surface area contributed by atoms with E-state index in [1.807, 2.05) is 38.1 Å². The molecule has 88 valence electrons. The maximum absolute atomic E-state index is 10.8. The summed E-state index contributed by atoms with van der Waals surface area (Å²) < 4.78 is 5.07. The second-order valence-corrected chi connectivity index (χ2v) is 5.14. The molecular weight excluding hydrogens is 260 g/mol. The molecule has 0 aliphatic carbocycles. The van der Waals surface area contributed by atoms with Crippen molar-refractivity contribution in [3.63, 3.8) is 0 Å². The van der Waals surface area contributed by atoms with Crippen molar-refractivity contribution in [2.75, 3.05) is 0 Å². The molecule has 0 bridgehead atoms. The molecule has 5 heteroatoms. The summed E-state index contributed by atoms with van der Waals surface area (Å²) in [5.41, 5.74) is 1.16. The van der Waals surface area contributed by atoms with Crippen LogP contribution in [-0.2, 0) is 16.4 Å². The second-order valence-electron chi connectivity index (χ2n) is 3.52. The highest BCUT2D eigenvalue weighted by Crippen LogP contribution is 2.30. The van der Waals surface area contributed by atoms with E-state index in [0.717, 1.165) is 10.5 Å². The van der Waals surface area contributed by atoms with Crippen LogP contribution in [0.2, 0.25) is 0 Å². The van der Waals surface area contributed by atoms with Crippen molar-refractivity contribution in [3.8, 4) is 0 Å². The third kappa shape index (κ3) is 3.64. The summed E-state index contributed by atoms with van der Waals surface area (Å²) in [6, 6.07) is 8.02. The SMILES string of the molecule is CC(OC(=O)S)C(C)c1ccccc1S[SH2+]. The average molecular weight is 275 g/mol. The molecule has 0 radical (unpaired) electrons. The number of hydrogen-bond acceptors (Lipinski definition) is 3. The van der Waals surface area contributed by atoms with Gasteiger partial charge in [0.15, 0.2) is 0 Å². The maximum Gasteiger partial charge on any atom is 0.364 e. The van der Waals surface area contributed by atoms with Gasteiger partial charge in [-0.25, -0.2) is 4.79 Å². The second kappa shape index (κ2) is 6.47. The van der Waals surface area contributed by atoms with Gasteiger partial charge >= 0.3 is 5.30 Å². The highest BCUT2D eigenvalue weighted by Gasteiger charge is 2.20.